The largest absolute Gasteiger partial charge is 0.481 e. The van der Waals surface area contributed by atoms with Crippen LogP contribution in [0.1, 0.15) is 59.4 Å². The van der Waals surface area contributed by atoms with Crippen LogP contribution >= 0.6 is 0 Å². The molecule has 1 aliphatic rings. The molecule has 1 fully saturated rings. The first-order chi connectivity index (χ1) is 18.3. The summed E-state index contributed by atoms with van der Waals surface area (Å²) in [6.07, 6.45) is -2.01. The normalized spacial score (nSPS) is 20.0. The number of ether oxygens (including phenoxy) is 2. The number of carboxylic acids is 1. The van der Waals surface area contributed by atoms with Gasteiger partial charge in [0.1, 0.15) is 24.3 Å². The fourth-order valence-electron chi connectivity index (χ4n) is 4.48. The summed E-state index contributed by atoms with van der Waals surface area (Å²) in [5.74, 6) is -4.11. The molecule has 0 unspecified atom stereocenters. The van der Waals surface area contributed by atoms with E-state index < -0.39 is 60.6 Å². The molecule has 0 saturated carbocycles. The summed E-state index contributed by atoms with van der Waals surface area (Å²) in [6, 6.07) is 5.95. The highest BCUT2D eigenvalue weighted by Gasteiger charge is 2.48. The van der Waals surface area contributed by atoms with Crippen LogP contribution in [-0.2, 0) is 39.9 Å². The molecule has 11 nitrogen and oxygen atoms in total. The van der Waals surface area contributed by atoms with Gasteiger partial charge in [0.2, 0.25) is 11.8 Å². The lowest BCUT2D eigenvalue weighted by Crippen LogP contribution is -2.56. The number of carbonyl (C=O) groups is 5. The summed E-state index contributed by atoms with van der Waals surface area (Å²) < 4.78 is 11.2. The summed E-state index contributed by atoms with van der Waals surface area (Å²) in [5.41, 5.74) is 6.87. The molecule has 0 spiro atoms. The Morgan fingerprint density at radius 1 is 1.13 bits per heavy atom. The van der Waals surface area contributed by atoms with Gasteiger partial charge in [0.05, 0.1) is 12.5 Å². The molecule has 2 rings (SSSR count). The summed E-state index contributed by atoms with van der Waals surface area (Å²) in [5, 5.41) is 12.4. The van der Waals surface area contributed by atoms with Crippen LogP contribution in [0.5, 0.6) is 0 Å². The first kappa shape index (κ1) is 31.7. The van der Waals surface area contributed by atoms with Crippen LogP contribution in [0.2, 0.25) is 0 Å². The molecule has 2 amide bonds. The monoisotopic (exact) mass is 547 g/mol. The van der Waals surface area contributed by atoms with Crippen LogP contribution in [-0.4, -0.2) is 76.6 Å². The molecule has 11 heteroatoms. The van der Waals surface area contributed by atoms with Gasteiger partial charge < -0.3 is 30.5 Å². The molecule has 1 heterocycles. The first-order valence-corrected chi connectivity index (χ1v) is 13.3. The summed E-state index contributed by atoms with van der Waals surface area (Å²) in [7, 11) is 0. The molecule has 0 aliphatic carbocycles. The van der Waals surface area contributed by atoms with E-state index in [1.54, 1.807) is 45.0 Å². The van der Waals surface area contributed by atoms with E-state index in [1.807, 2.05) is 13.0 Å². The Hall–Kier alpha value is -3.47. The number of nitrogens with one attached hydrogen (secondary N) is 1. The van der Waals surface area contributed by atoms with Crippen molar-refractivity contribution in [1.82, 2.24) is 10.2 Å². The lowest BCUT2D eigenvalue weighted by molar-refractivity contribution is -0.167. The van der Waals surface area contributed by atoms with Crippen molar-refractivity contribution in [2.45, 2.75) is 90.6 Å². The maximum atomic E-state index is 13.5. The van der Waals surface area contributed by atoms with E-state index in [4.69, 9.17) is 15.2 Å². The van der Waals surface area contributed by atoms with Crippen LogP contribution < -0.4 is 11.1 Å². The summed E-state index contributed by atoms with van der Waals surface area (Å²) >= 11 is 0. The quantitative estimate of drug-likeness (QED) is 0.311. The van der Waals surface area contributed by atoms with Crippen LogP contribution in [0.3, 0.4) is 0 Å². The highest BCUT2D eigenvalue weighted by molar-refractivity contribution is 5.86. The molecule has 6 atom stereocenters. The zero-order chi connectivity index (χ0) is 29.3. The van der Waals surface area contributed by atoms with E-state index in [2.05, 4.69) is 5.32 Å². The Morgan fingerprint density at radius 3 is 2.31 bits per heavy atom. The highest BCUT2D eigenvalue weighted by Crippen LogP contribution is 2.29. The SMILES string of the molecule is CC[C@H](C)C(=O)N[C@@H](Cc1ccccc1)C(=O)O[C@@H](CC(=O)O)[C@H]1[C@@H](OC(C)=O)CCN1C(=O)[C@H](N)C(C)C. The van der Waals surface area contributed by atoms with Gasteiger partial charge in [0, 0.05) is 32.2 Å². The van der Waals surface area contributed by atoms with Gasteiger partial charge in [-0.15, -0.1) is 0 Å². The third-order valence-corrected chi connectivity index (χ3v) is 6.97. The Balaban J connectivity index is 2.42. The first-order valence-electron chi connectivity index (χ1n) is 13.3. The molecule has 39 heavy (non-hydrogen) atoms. The number of carboxylic acid groups (broad SMARTS) is 1. The van der Waals surface area contributed by atoms with Gasteiger partial charge >= 0.3 is 17.9 Å². The number of carbonyl (C=O) groups excluding carboxylic acids is 4. The standard InChI is InChI=1S/C28H41N3O8/c1-6-17(4)26(35)30-20(14-19-10-8-7-9-11-19)28(37)39-22(15-23(33)34)25-21(38-18(5)32)12-13-31(25)27(36)24(29)16(2)3/h7-11,16-17,20-22,24-25H,6,12-15,29H2,1-5H3,(H,30,35)(H,33,34)/t17-,20-,21-,22-,24+,25+/m0/s1. The summed E-state index contributed by atoms with van der Waals surface area (Å²) in [4.78, 5) is 64.5. The molecule has 0 bridgehead atoms. The van der Waals surface area contributed by atoms with Crippen LogP contribution in [0.15, 0.2) is 30.3 Å². The number of hydrogen-bond donors (Lipinski definition) is 3. The number of amides is 2. The van der Waals surface area contributed by atoms with Crippen molar-refractivity contribution in [1.29, 1.82) is 0 Å². The fraction of sp³-hybridized carbons (Fsp3) is 0.607. The number of aliphatic carboxylic acids is 1. The number of esters is 2. The second-order valence-electron chi connectivity index (χ2n) is 10.4. The molecule has 0 aromatic heterocycles. The number of nitrogens with zero attached hydrogens (tertiary/aromatic N) is 1. The molecular formula is C28H41N3O8. The minimum atomic E-state index is -1.36. The smallest absolute Gasteiger partial charge is 0.329 e. The number of nitrogens with two attached hydrogens (primary N) is 1. The van der Waals surface area contributed by atoms with E-state index >= 15 is 0 Å². The fourth-order valence-corrected chi connectivity index (χ4v) is 4.48. The molecule has 216 valence electrons. The van der Waals surface area contributed by atoms with Gasteiger partial charge in [-0.1, -0.05) is 58.0 Å². The average molecular weight is 548 g/mol. The molecule has 1 aromatic carbocycles. The van der Waals surface area contributed by atoms with Gasteiger partial charge in [-0.3, -0.25) is 19.2 Å². The van der Waals surface area contributed by atoms with E-state index in [0.29, 0.717) is 6.42 Å². The predicted octanol–water partition coefficient (Wildman–Crippen LogP) is 1.66. The Labute approximate surface area is 229 Å². The molecule has 0 radical (unpaired) electrons. The Morgan fingerprint density at radius 2 is 1.77 bits per heavy atom. The lowest BCUT2D eigenvalue weighted by Gasteiger charge is -2.35. The Bertz CT molecular complexity index is 1020. The molecular weight excluding hydrogens is 506 g/mol. The zero-order valence-electron chi connectivity index (χ0n) is 23.3. The number of hydrogen-bond acceptors (Lipinski definition) is 8. The maximum Gasteiger partial charge on any atom is 0.329 e. The van der Waals surface area contributed by atoms with Gasteiger partial charge in [0.25, 0.3) is 0 Å². The maximum absolute atomic E-state index is 13.5. The number of rotatable bonds is 13. The molecule has 1 aliphatic heterocycles. The highest BCUT2D eigenvalue weighted by atomic mass is 16.6. The van der Waals surface area contributed by atoms with Gasteiger partial charge in [-0.25, -0.2) is 4.79 Å². The number of benzene rings is 1. The van der Waals surface area contributed by atoms with Crippen molar-refractivity contribution in [3.05, 3.63) is 35.9 Å². The third kappa shape index (κ3) is 9.05. The minimum Gasteiger partial charge on any atom is -0.481 e. The van der Waals surface area contributed by atoms with Crippen LogP contribution in [0, 0.1) is 11.8 Å². The van der Waals surface area contributed by atoms with E-state index in [9.17, 15) is 29.1 Å². The van der Waals surface area contributed by atoms with Crippen LogP contribution in [0.4, 0.5) is 0 Å². The average Bonchev–Trinajstić information content (AvgIpc) is 3.29. The van der Waals surface area contributed by atoms with Crippen molar-refractivity contribution >= 4 is 29.7 Å². The van der Waals surface area contributed by atoms with Crippen molar-refractivity contribution in [3.8, 4) is 0 Å². The van der Waals surface area contributed by atoms with Gasteiger partial charge in [0.15, 0.2) is 0 Å². The topological polar surface area (TPSA) is 165 Å². The summed E-state index contributed by atoms with van der Waals surface area (Å²) in [6.45, 7) is 8.49. The second kappa shape index (κ2) is 14.6. The van der Waals surface area contributed by atoms with Gasteiger partial charge in [-0.05, 0) is 17.9 Å². The number of likely N-dealkylation sites (tertiary alicyclic amines) is 1. The van der Waals surface area contributed by atoms with Crippen molar-refractivity contribution in [2.24, 2.45) is 17.6 Å². The van der Waals surface area contributed by atoms with Crippen molar-refractivity contribution < 1.29 is 38.6 Å². The third-order valence-electron chi connectivity index (χ3n) is 6.97. The zero-order valence-corrected chi connectivity index (χ0v) is 23.3. The van der Waals surface area contributed by atoms with Crippen molar-refractivity contribution in [3.63, 3.8) is 0 Å². The molecule has 1 aromatic rings. The van der Waals surface area contributed by atoms with Gasteiger partial charge in [-0.2, -0.15) is 0 Å². The lowest BCUT2D eigenvalue weighted by atomic mass is 9.99. The van der Waals surface area contributed by atoms with E-state index in [1.165, 1.54) is 11.8 Å². The molecule has 4 N–H and O–H groups in total. The second-order valence-corrected chi connectivity index (χ2v) is 10.4. The van der Waals surface area contributed by atoms with Crippen LogP contribution in [0.25, 0.3) is 0 Å². The Kier molecular flexibility index (Phi) is 11.9. The van der Waals surface area contributed by atoms with E-state index in [-0.39, 0.29) is 37.1 Å². The minimum absolute atomic E-state index is 0.112. The van der Waals surface area contributed by atoms with E-state index in [0.717, 1.165) is 5.56 Å². The predicted molar refractivity (Wildman–Crippen MR) is 142 cm³/mol. The van der Waals surface area contributed by atoms with Crippen molar-refractivity contribution in [2.75, 3.05) is 6.54 Å². The molecule has 1 saturated heterocycles.